The Morgan fingerprint density at radius 3 is 2.69 bits per heavy atom. The summed E-state index contributed by atoms with van der Waals surface area (Å²) in [6, 6.07) is 11.9. The van der Waals surface area contributed by atoms with E-state index < -0.39 is 0 Å². The zero-order chi connectivity index (χ0) is 21.0. The number of thiazole rings is 1. The Balaban J connectivity index is 1.49. The highest BCUT2D eigenvalue weighted by atomic mass is 79.9. The summed E-state index contributed by atoms with van der Waals surface area (Å²) in [5, 5.41) is 3.44. The number of aromatic nitrogens is 1. The minimum absolute atomic E-state index is 0.0752. The van der Waals surface area contributed by atoms with Gasteiger partial charge in [-0.3, -0.25) is 4.79 Å². The number of nitrogens with one attached hydrogen (secondary N) is 1. The molecule has 1 heterocycles. The molecule has 0 aliphatic carbocycles. The van der Waals surface area contributed by atoms with E-state index in [9.17, 15) is 4.79 Å². The van der Waals surface area contributed by atoms with Crippen LogP contribution in [-0.4, -0.2) is 24.6 Å². The number of halogens is 1. The Labute approximate surface area is 183 Å². The highest BCUT2D eigenvalue weighted by Crippen LogP contribution is 2.33. The van der Waals surface area contributed by atoms with Crippen molar-refractivity contribution in [2.75, 3.05) is 19.0 Å². The zero-order valence-corrected chi connectivity index (χ0v) is 19.4. The molecule has 0 atom stereocenters. The van der Waals surface area contributed by atoms with Gasteiger partial charge in [0.1, 0.15) is 17.0 Å². The van der Waals surface area contributed by atoms with Crippen LogP contribution < -0.4 is 14.8 Å². The first-order valence-corrected chi connectivity index (χ1v) is 11.0. The van der Waals surface area contributed by atoms with Gasteiger partial charge in [-0.25, -0.2) is 4.98 Å². The molecular formula is C22H25BrN2O3S. The summed E-state index contributed by atoms with van der Waals surface area (Å²) in [7, 11) is 1.61. The number of ether oxygens (including phenoxy) is 2. The number of benzene rings is 2. The van der Waals surface area contributed by atoms with Gasteiger partial charge in [0, 0.05) is 6.42 Å². The van der Waals surface area contributed by atoms with Gasteiger partial charge in [-0.15, -0.1) is 0 Å². The van der Waals surface area contributed by atoms with E-state index in [0.29, 0.717) is 30.3 Å². The average Bonchev–Trinajstić information content (AvgIpc) is 3.07. The summed E-state index contributed by atoms with van der Waals surface area (Å²) >= 11 is 5.01. The Hall–Kier alpha value is -2.12. The molecule has 29 heavy (non-hydrogen) atoms. The lowest BCUT2D eigenvalue weighted by Gasteiger charge is -2.20. The van der Waals surface area contributed by atoms with Gasteiger partial charge in [0.05, 0.1) is 22.9 Å². The van der Waals surface area contributed by atoms with Gasteiger partial charge in [0.15, 0.2) is 5.13 Å². The molecule has 0 saturated carbocycles. The predicted molar refractivity (Wildman–Crippen MR) is 122 cm³/mol. The monoisotopic (exact) mass is 476 g/mol. The van der Waals surface area contributed by atoms with Crippen LogP contribution in [-0.2, 0) is 10.2 Å². The lowest BCUT2D eigenvalue weighted by atomic mass is 9.87. The minimum Gasteiger partial charge on any atom is -0.494 e. The second-order valence-corrected chi connectivity index (χ2v) is 9.61. The maximum absolute atomic E-state index is 12.2. The van der Waals surface area contributed by atoms with E-state index in [4.69, 9.17) is 9.47 Å². The second kappa shape index (κ2) is 9.13. The van der Waals surface area contributed by atoms with Crippen molar-refractivity contribution in [3.63, 3.8) is 0 Å². The number of hydrogen-bond acceptors (Lipinski definition) is 5. The van der Waals surface area contributed by atoms with Crippen LogP contribution in [0.3, 0.4) is 0 Å². The van der Waals surface area contributed by atoms with Crippen molar-refractivity contribution in [2.24, 2.45) is 0 Å². The van der Waals surface area contributed by atoms with Crippen LogP contribution in [0.5, 0.6) is 11.5 Å². The van der Waals surface area contributed by atoms with E-state index >= 15 is 0 Å². The van der Waals surface area contributed by atoms with Crippen molar-refractivity contribution < 1.29 is 14.3 Å². The lowest BCUT2D eigenvalue weighted by molar-refractivity contribution is -0.116. The fourth-order valence-corrected chi connectivity index (χ4v) is 4.22. The molecule has 154 valence electrons. The maximum atomic E-state index is 12.2. The largest absolute Gasteiger partial charge is 0.494 e. The number of anilines is 1. The van der Waals surface area contributed by atoms with Crippen LogP contribution in [0.4, 0.5) is 5.13 Å². The summed E-state index contributed by atoms with van der Waals surface area (Å²) in [5.74, 6) is 1.42. The summed E-state index contributed by atoms with van der Waals surface area (Å²) in [6.07, 6.45) is 0.984. The highest BCUT2D eigenvalue weighted by molar-refractivity contribution is 9.10. The smallest absolute Gasteiger partial charge is 0.226 e. The number of para-hydroxylation sites is 1. The maximum Gasteiger partial charge on any atom is 0.226 e. The fraction of sp³-hybridized carbons (Fsp3) is 0.364. The van der Waals surface area contributed by atoms with Gasteiger partial charge in [0.25, 0.3) is 0 Å². The molecule has 3 rings (SSSR count). The van der Waals surface area contributed by atoms with E-state index in [0.717, 1.165) is 20.4 Å². The minimum atomic E-state index is -0.0752. The fourth-order valence-electron chi connectivity index (χ4n) is 2.82. The third-order valence-corrected chi connectivity index (χ3v) is 6.01. The van der Waals surface area contributed by atoms with Crippen LogP contribution in [0.1, 0.15) is 39.2 Å². The predicted octanol–water partition coefficient (Wildman–Crippen LogP) is 6.16. The Morgan fingerprint density at radius 1 is 1.21 bits per heavy atom. The first kappa shape index (κ1) is 21.6. The molecule has 0 aliphatic rings. The Bertz CT molecular complexity index is 1010. The van der Waals surface area contributed by atoms with Gasteiger partial charge in [-0.1, -0.05) is 44.2 Å². The third kappa shape index (κ3) is 5.48. The molecule has 1 aromatic heterocycles. The molecule has 0 saturated heterocycles. The van der Waals surface area contributed by atoms with E-state index in [-0.39, 0.29) is 11.3 Å². The second-order valence-electron chi connectivity index (χ2n) is 7.72. The lowest BCUT2D eigenvalue weighted by Crippen LogP contribution is -2.13. The molecule has 7 heteroatoms. The van der Waals surface area contributed by atoms with Crippen molar-refractivity contribution in [2.45, 2.75) is 39.0 Å². The van der Waals surface area contributed by atoms with E-state index in [1.807, 2.05) is 24.3 Å². The summed E-state index contributed by atoms with van der Waals surface area (Å²) < 4.78 is 13.0. The molecule has 3 aromatic rings. The molecule has 0 aliphatic heterocycles. The van der Waals surface area contributed by atoms with Crippen molar-refractivity contribution in [3.05, 3.63) is 46.4 Å². The number of carbonyl (C=O) groups is 1. The molecule has 1 N–H and O–H groups in total. The van der Waals surface area contributed by atoms with Crippen LogP contribution in [0.2, 0.25) is 0 Å². The first-order valence-electron chi connectivity index (χ1n) is 9.44. The summed E-state index contributed by atoms with van der Waals surface area (Å²) in [5.41, 5.74) is 2.09. The number of fused-ring (bicyclic) bond motifs is 1. The van der Waals surface area contributed by atoms with E-state index in [1.54, 1.807) is 7.11 Å². The zero-order valence-electron chi connectivity index (χ0n) is 17.0. The molecular weight excluding hydrogens is 452 g/mol. The van der Waals surface area contributed by atoms with Gasteiger partial charge >= 0.3 is 0 Å². The molecule has 0 radical (unpaired) electrons. The van der Waals surface area contributed by atoms with Gasteiger partial charge in [0.2, 0.25) is 5.91 Å². The number of methoxy groups -OCH3 is 1. The molecule has 0 unspecified atom stereocenters. The first-order chi connectivity index (χ1) is 13.8. The Kier molecular flexibility index (Phi) is 6.80. The standard InChI is InChI=1S/C22H25BrN2O3S/c1-22(2,3)14-10-11-16(15(23)13-14)28-12-6-9-19(26)24-21-25-20-17(27-4)7-5-8-18(20)29-21/h5,7-8,10-11,13H,6,9,12H2,1-4H3,(H,24,25,26). The highest BCUT2D eigenvalue weighted by Gasteiger charge is 2.15. The molecule has 1 amide bonds. The van der Waals surface area contributed by atoms with Crippen LogP contribution in [0.25, 0.3) is 10.2 Å². The quantitative estimate of drug-likeness (QED) is 0.414. The number of nitrogens with zero attached hydrogens (tertiary/aromatic N) is 1. The molecule has 0 spiro atoms. The Morgan fingerprint density at radius 2 is 2.00 bits per heavy atom. The molecule has 0 fully saturated rings. The van der Waals surface area contributed by atoms with E-state index in [2.05, 4.69) is 59.1 Å². The van der Waals surface area contributed by atoms with Crippen LogP contribution in [0.15, 0.2) is 40.9 Å². The van der Waals surface area contributed by atoms with E-state index in [1.165, 1.54) is 16.9 Å². The van der Waals surface area contributed by atoms with Crippen molar-refractivity contribution in [3.8, 4) is 11.5 Å². The number of carbonyl (C=O) groups excluding carboxylic acids is 1. The van der Waals surface area contributed by atoms with Gasteiger partial charge in [-0.05, 0) is 57.6 Å². The van der Waals surface area contributed by atoms with Gasteiger partial charge < -0.3 is 14.8 Å². The SMILES string of the molecule is COc1cccc2sc(NC(=O)CCCOc3ccc(C(C)(C)C)cc3Br)nc12. The number of hydrogen-bond donors (Lipinski definition) is 1. The normalized spacial score (nSPS) is 11.5. The topological polar surface area (TPSA) is 60.5 Å². The summed E-state index contributed by atoms with van der Waals surface area (Å²) in [6.45, 7) is 6.99. The summed E-state index contributed by atoms with van der Waals surface area (Å²) in [4.78, 5) is 16.7. The van der Waals surface area contributed by atoms with Crippen LogP contribution in [0, 0.1) is 0 Å². The van der Waals surface area contributed by atoms with Crippen molar-refractivity contribution in [1.82, 2.24) is 4.98 Å². The van der Waals surface area contributed by atoms with Crippen LogP contribution >= 0.6 is 27.3 Å². The van der Waals surface area contributed by atoms with Crippen molar-refractivity contribution >= 4 is 48.5 Å². The van der Waals surface area contributed by atoms with Gasteiger partial charge in [-0.2, -0.15) is 0 Å². The number of rotatable bonds is 7. The third-order valence-electron chi connectivity index (χ3n) is 4.45. The average molecular weight is 477 g/mol. The molecule has 0 bridgehead atoms. The molecule has 2 aromatic carbocycles. The number of amides is 1. The molecule has 5 nitrogen and oxygen atoms in total. The van der Waals surface area contributed by atoms with Crippen molar-refractivity contribution in [1.29, 1.82) is 0 Å².